The fourth-order valence-electron chi connectivity index (χ4n) is 2.56. The van der Waals surface area contributed by atoms with Crippen LogP contribution in [0.4, 0.5) is 18.9 Å². The number of hydrogen-bond donors (Lipinski definition) is 1. The van der Waals surface area contributed by atoms with E-state index in [0.29, 0.717) is 5.56 Å². The average Bonchev–Trinajstić information content (AvgIpc) is 2.68. The number of benzene rings is 3. The smallest absolute Gasteiger partial charge is 0.406 e. The Labute approximate surface area is 175 Å². The van der Waals surface area contributed by atoms with E-state index in [1.807, 2.05) is 0 Å². The third-order valence-corrected chi connectivity index (χ3v) is 5.49. The van der Waals surface area contributed by atoms with Crippen LogP contribution in [0.25, 0.3) is 0 Å². The lowest BCUT2D eigenvalue weighted by molar-refractivity contribution is -0.274. The molecule has 0 aromatic heterocycles. The number of sulfonamides is 1. The number of carbonyl (C=O) groups is 1. The van der Waals surface area contributed by atoms with Gasteiger partial charge in [-0.1, -0.05) is 41.9 Å². The summed E-state index contributed by atoms with van der Waals surface area (Å²) in [5.41, 5.74) is 0.326. The van der Waals surface area contributed by atoms with Crippen LogP contribution >= 0.6 is 11.6 Å². The molecule has 0 aliphatic heterocycles. The van der Waals surface area contributed by atoms with Crippen LogP contribution in [0.3, 0.4) is 0 Å². The summed E-state index contributed by atoms with van der Waals surface area (Å²) in [6.07, 6.45) is -4.89. The van der Waals surface area contributed by atoms with Crippen LogP contribution in [-0.4, -0.2) is 20.6 Å². The normalized spacial score (nSPS) is 11.7. The Kier molecular flexibility index (Phi) is 6.04. The van der Waals surface area contributed by atoms with E-state index in [-0.39, 0.29) is 21.2 Å². The van der Waals surface area contributed by atoms with Crippen LogP contribution in [0.5, 0.6) is 5.75 Å². The van der Waals surface area contributed by atoms with E-state index >= 15 is 0 Å². The summed E-state index contributed by atoms with van der Waals surface area (Å²) >= 11 is 5.97. The van der Waals surface area contributed by atoms with Crippen molar-refractivity contribution in [2.45, 2.75) is 11.3 Å². The second-order valence-corrected chi connectivity index (χ2v) is 8.13. The molecule has 1 N–H and O–H groups in total. The van der Waals surface area contributed by atoms with Crippen LogP contribution in [0.15, 0.2) is 77.7 Å². The number of hydrogen-bond acceptors (Lipinski definition) is 4. The predicted molar refractivity (Wildman–Crippen MR) is 105 cm³/mol. The van der Waals surface area contributed by atoms with Gasteiger partial charge in [-0.15, -0.1) is 13.2 Å². The van der Waals surface area contributed by atoms with Crippen molar-refractivity contribution in [1.82, 2.24) is 0 Å². The quantitative estimate of drug-likeness (QED) is 0.514. The van der Waals surface area contributed by atoms with Gasteiger partial charge in [0.1, 0.15) is 5.75 Å². The van der Waals surface area contributed by atoms with Crippen LogP contribution in [0.2, 0.25) is 5.02 Å². The molecule has 0 spiro atoms. The van der Waals surface area contributed by atoms with Crippen molar-refractivity contribution >= 4 is 33.1 Å². The molecule has 0 atom stereocenters. The SMILES string of the molecule is O=C(c1ccccc1)c1cc(Cl)ccc1NS(=O)(=O)c1ccc(OC(F)(F)F)cc1. The Balaban J connectivity index is 1.91. The molecule has 0 saturated carbocycles. The number of nitrogens with one attached hydrogen (secondary N) is 1. The van der Waals surface area contributed by atoms with E-state index in [0.717, 1.165) is 24.3 Å². The highest BCUT2D eigenvalue weighted by Crippen LogP contribution is 2.28. The molecule has 5 nitrogen and oxygen atoms in total. The molecule has 0 bridgehead atoms. The highest BCUT2D eigenvalue weighted by atomic mass is 35.5. The maximum absolute atomic E-state index is 12.8. The molecule has 10 heteroatoms. The second-order valence-electron chi connectivity index (χ2n) is 6.01. The monoisotopic (exact) mass is 455 g/mol. The Morgan fingerprint density at radius 2 is 1.57 bits per heavy atom. The van der Waals surface area contributed by atoms with E-state index in [9.17, 15) is 26.4 Å². The molecule has 0 aliphatic rings. The van der Waals surface area contributed by atoms with Crippen LogP contribution < -0.4 is 9.46 Å². The van der Waals surface area contributed by atoms with Crippen molar-refractivity contribution in [3.05, 3.63) is 88.9 Å². The number of carbonyl (C=O) groups excluding carboxylic acids is 1. The molecular weight excluding hydrogens is 443 g/mol. The number of alkyl halides is 3. The molecule has 0 radical (unpaired) electrons. The molecule has 0 saturated heterocycles. The van der Waals surface area contributed by atoms with E-state index in [1.54, 1.807) is 30.3 Å². The Bertz CT molecular complexity index is 1160. The minimum Gasteiger partial charge on any atom is -0.406 e. The molecule has 30 heavy (non-hydrogen) atoms. The van der Waals surface area contributed by atoms with Gasteiger partial charge in [0, 0.05) is 16.1 Å². The standard InChI is InChI=1S/C20H13ClF3NO4S/c21-14-6-11-18(17(12-14)19(26)13-4-2-1-3-5-13)25-30(27,28)16-9-7-15(8-10-16)29-20(22,23)24/h1-12,25H. The van der Waals surface area contributed by atoms with Crippen molar-refractivity contribution in [2.24, 2.45) is 0 Å². The highest BCUT2D eigenvalue weighted by molar-refractivity contribution is 7.92. The lowest BCUT2D eigenvalue weighted by Gasteiger charge is -2.13. The zero-order valence-corrected chi connectivity index (χ0v) is 16.6. The number of anilines is 1. The zero-order valence-electron chi connectivity index (χ0n) is 15.0. The van der Waals surface area contributed by atoms with Gasteiger partial charge in [-0.3, -0.25) is 9.52 Å². The first kappa shape index (κ1) is 21.7. The average molecular weight is 456 g/mol. The summed E-state index contributed by atoms with van der Waals surface area (Å²) in [5.74, 6) is -1.02. The largest absolute Gasteiger partial charge is 0.573 e. The van der Waals surface area contributed by atoms with Crippen molar-refractivity contribution in [3.8, 4) is 5.75 Å². The van der Waals surface area contributed by atoms with Gasteiger partial charge in [0.25, 0.3) is 10.0 Å². The van der Waals surface area contributed by atoms with E-state index < -0.39 is 27.9 Å². The third kappa shape index (κ3) is 5.31. The molecule has 0 amide bonds. The third-order valence-electron chi connectivity index (χ3n) is 3.87. The van der Waals surface area contributed by atoms with E-state index in [4.69, 9.17) is 11.6 Å². The fourth-order valence-corrected chi connectivity index (χ4v) is 3.81. The topological polar surface area (TPSA) is 72.5 Å². The minimum atomic E-state index is -4.89. The van der Waals surface area contributed by atoms with Crippen molar-refractivity contribution < 1.29 is 31.1 Å². The number of halogens is 4. The Morgan fingerprint density at radius 3 is 2.17 bits per heavy atom. The molecule has 0 aliphatic carbocycles. The Hall–Kier alpha value is -3.04. The number of ether oxygens (including phenoxy) is 1. The second kappa shape index (κ2) is 8.37. The maximum Gasteiger partial charge on any atom is 0.573 e. The first-order valence-corrected chi connectivity index (χ1v) is 10.2. The van der Waals surface area contributed by atoms with Crippen molar-refractivity contribution in [1.29, 1.82) is 0 Å². The van der Waals surface area contributed by atoms with E-state index in [2.05, 4.69) is 9.46 Å². The summed E-state index contributed by atoms with van der Waals surface area (Å²) in [4.78, 5) is 12.5. The summed E-state index contributed by atoms with van der Waals surface area (Å²) in [6, 6.07) is 15.9. The minimum absolute atomic E-state index is 0.0225. The lowest BCUT2D eigenvalue weighted by atomic mass is 10.0. The zero-order chi connectivity index (χ0) is 21.9. The number of rotatable bonds is 6. The summed E-state index contributed by atoms with van der Waals surface area (Å²) in [5, 5.41) is 0.228. The molecule has 0 fully saturated rings. The first-order valence-electron chi connectivity index (χ1n) is 8.33. The molecule has 3 aromatic carbocycles. The molecule has 156 valence electrons. The highest BCUT2D eigenvalue weighted by Gasteiger charge is 2.31. The van der Waals surface area contributed by atoms with E-state index in [1.165, 1.54) is 18.2 Å². The van der Waals surface area contributed by atoms with Crippen molar-refractivity contribution in [2.75, 3.05) is 4.72 Å². The van der Waals surface area contributed by atoms with Gasteiger partial charge in [-0.05, 0) is 42.5 Å². The summed E-state index contributed by atoms with van der Waals surface area (Å²) in [7, 11) is -4.21. The van der Waals surface area contributed by atoms with Gasteiger partial charge in [-0.2, -0.15) is 0 Å². The molecular formula is C20H13ClF3NO4S. The molecule has 0 unspecified atom stereocenters. The van der Waals surface area contributed by atoms with Gasteiger partial charge in [0.05, 0.1) is 10.6 Å². The summed E-state index contributed by atoms with van der Waals surface area (Å²) in [6.45, 7) is 0. The van der Waals surface area contributed by atoms with Gasteiger partial charge in [0.2, 0.25) is 0 Å². The van der Waals surface area contributed by atoms with Gasteiger partial charge >= 0.3 is 6.36 Å². The Morgan fingerprint density at radius 1 is 0.933 bits per heavy atom. The fraction of sp³-hybridized carbons (Fsp3) is 0.0500. The molecule has 0 heterocycles. The van der Waals surface area contributed by atoms with Crippen LogP contribution in [-0.2, 0) is 10.0 Å². The molecule has 3 aromatic rings. The van der Waals surface area contributed by atoms with Gasteiger partial charge in [-0.25, -0.2) is 8.42 Å². The predicted octanol–water partition coefficient (Wildman–Crippen LogP) is 5.27. The maximum atomic E-state index is 12.8. The summed E-state index contributed by atoms with van der Waals surface area (Å²) < 4.78 is 68.1. The van der Waals surface area contributed by atoms with Crippen LogP contribution in [0.1, 0.15) is 15.9 Å². The molecule has 3 rings (SSSR count). The van der Waals surface area contributed by atoms with Gasteiger partial charge in [0.15, 0.2) is 5.78 Å². The van der Waals surface area contributed by atoms with Crippen LogP contribution in [0, 0.1) is 0 Å². The van der Waals surface area contributed by atoms with Crippen molar-refractivity contribution in [3.63, 3.8) is 0 Å². The van der Waals surface area contributed by atoms with Gasteiger partial charge < -0.3 is 4.74 Å². The number of ketones is 1. The first-order chi connectivity index (χ1) is 14.0. The lowest BCUT2D eigenvalue weighted by Crippen LogP contribution is -2.18.